The Hall–Kier alpha value is -3.35. The lowest BCUT2D eigenvalue weighted by Gasteiger charge is -2.10. The molecule has 7 heteroatoms. The SMILES string of the molecule is CCc1ccc(C(=O)NNC(=O)COc2ccccc2C(N)=O)cc1. The molecule has 0 fully saturated rings. The van der Waals surface area contributed by atoms with E-state index in [-0.39, 0.29) is 17.9 Å². The van der Waals surface area contributed by atoms with Crippen molar-refractivity contribution >= 4 is 17.7 Å². The minimum Gasteiger partial charge on any atom is -0.483 e. The quantitative estimate of drug-likeness (QED) is 0.685. The number of rotatable bonds is 6. The highest BCUT2D eigenvalue weighted by molar-refractivity contribution is 5.96. The largest absolute Gasteiger partial charge is 0.483 e. The van der Waals surface area contributed by atoms with Crippen molar-refractivity contribution in [2.75, 3.05) is 6.61 Å². The zero-order chi connectivity index (χ0) is 18.2. The first-order chi connectivity index (χ1) is 12.0. The van der Waals surface area contributed by atoms with Gasteiger partial charge in [0.15, 0.2) is 6.61 Å². The van der Waals surface area contributed by atoms with Crippen LogP contribution in [0.5, 0.6) is 5.75 Å². The van der Waals surface area contributed by atoms with E-state index < -0.39 is 17.7 Å². The van der Waals surface area contributed by atoms with Crippen LogP contribution in [0, 0.1) is 0 Å². The number of ether oxygens (including phenoxy) is 1. The third-order valence-electron chi connectivity index (χ3n) is 3.45. The van der Waals surface area contributed by atoms with Crippen LogP contribution in [0.1, 0.15) is 33.2 Å². The number of carbonyl (C=O) groups is 3. The van der Waals surface area contributed by atoms with Crippen LogP contribution < -0.4 is 21.3 Å². The number of carbonyl (C=O) groups excluding carboxylic acids is 3. The van der Waals surface area contributed by atoms with Gasteiger partial charge >= 0.3 is 0 Å². The van der Waals surface area contributed by atoms with Crippen LogP contribution >= 0.6 is 0 Å². The van der Waals surface area contributed by atoms with E-state index in [1.165, 1.54) is 12.1 Å². The summed E-state index contributed by atoms with van der Waals surface area (Å²) in [4.78, 5) is 35.0. The average molecular weight is 341 g/mol. The van der Waals surface area contributed by atoms with E-state index in [1.807, 2.05) is 19.1 Å². The molecule has 2 rings (SSSR count). The highest BCUT2D eigenvalue weighted by atomic mass is 16.5. The van der Waals surface area contributed by atoms with Gasteiger partial charge in [-0.05, 0) is 36.2 Å². The molecule has 25 heavy (non-hydrogen) atoms. The molecule has 0 bridgehead atoms. The molecule has 0 radical (unpaired) electrons. The molecule has 3 amide bonds. The van der Waals surface area contributed by atoms with E-state index in [4.69, 9.17) is 10.5 Å². The van der Waals surface area contributed by atoms with Crippen LogP contribution in [0.2, 0.25) is 0 Å². The minimum absolute atomic E-state index is 0.176. The van der Waals surface area contributed by atoms with Crippen LogP contribution in [0.15, 0.2) is 48.5 Å². The lowest BCUT2D eigenvalue weighted by Crippen LogP contribution is -2.43. The Balaban J connectivity index is 1.84. The van der Waals surface area contributed by atoms with Crippen molar-refractivity contribution < 1.29 is 19.1 Å². The van der Waals surface area contributed by atoms with Crippen LogP contribution in [0.3, 0.4) is 0 Å². The molecule has 0 saturated carbocycles. The second-order valence-corrected chi connectivity index (χ2v) is 5.20. The Labute approximate surface area is 145 Å². The van der Waals surface area contributed by atoms with Gasteiger partial charge < -0.3 is 10.5 Å². The summed E-state index contributed by atoms with van der Waals surface area (Å²) in [5.41, 5.74) is 11.5. The maximum Gasteiger partial charge on any atom is 0.276 e. The van der Waals surface area contributed by atoms with Crippen molar-refractivity contribution in [2.45, 2.75) is 13.3 Å². The molecule has 4 N–H and O–H groups in total. The Kier molecular flexibility index (Phi) is 6.11. The summed E-state index contributed by atoms with van der Waals surface area (Å²) >= 11 is 0. The lowest BCUT2D eigenvalue weighted by atomic mass is 10.1. The highest BCUT2D eigenvalue weighted by Crippen LogP contribution is 2.16. The van der Waals surface area contributed by atoms with E-state index in [0.29, 0.717) is 5.56 Å². The van der Waals surface area contributed by atoms with Crippen molar-refractivity contribution in [3.8, 4) is 5.75 Å². The summed E-state index contributed by atoms with van der Waals surface area (Å²) in [6, 6.07) is 13.4. The summed E-state index contributed by atoms with van der Waals surface area (Å²) in [6.07, 6.45) is 0.878. The lowest BCUT2D eigenvalue weighted by molar-refractivity contribution is -0.123. The number of hydrazine groups is 1. The number of hydrogen-bond acceptors (Lipinski definition) is 4. The van der Waals surface area contributed by atoms with Gasteiger partial charge in [0.25, 0.3) is 17.7 Å². The van der Waals surface area contributed by atoms with Crippen molar-refractivity contribution in [2.24, 2.45) is 5.73 Å². The predicted octanol–water partition coefficient (Wildman–Crippen LogP) is 1.19. The standard InChI is InChI=1S/C18H19N3O4/c1-2-12-7-9-13(10-8-12)18(24)21-20-16(22)11-25-15-6-4-3-5-14(15)17(19)23/h3-10H,2,11H2,1H3,(H2,19,23)(H,20,22)(H,21,24). The van der Waals surface area contributed by atoms with Crippen LogP contribution in [0.25, 0.3) is 0 Å². The average Bonchev–Trinajstić information content (AvgIpc) is 2.64. The second-order valence-electron chi connectivity index (χ2n) is 5.20. The number of para-hydroxylation sites is 1. The number of amides is 3. The van der Waals surface area contributed by atoms with Gasteiger partial charge in [0.1, 0.15) is 5.75 Å². The van der Waals surface area contributed by atoms with Crippen LogP contribution in [0.4, 0.5) is 0 Å². The molecule has 130 valence electrons. The molecule has 0 aliphatic carbocycles. The zero-order valence-electron chi connectivity index (χ0n) is 13.7. The molecule has 0 saturated heterocycles. The van der Waals surface area contributed by atoms with Gasteiger partial charge in [0.2, 0.25) is 0 Å². The fraction of sp³-hybridized carbons (Fsp3) is 0.167. The second kappa shape index (κ2) is 8.49. The number of primary amides is 1. The van der Waals surface area contributed by atoms with Gasteiger partial charge in [-0.2, -0.15) is 0 Å². The Morgan fingerprint density at radius 3 is 2.32 bits per heavy atom. The molecular formula is C18H19N3O4. The molecule has 2 aromatic carbocycles. The molecule has 2 aromatic rings. The van der Waals surface area contributed by atoms with Gasteiger partial charge in [-0.15, -0.1) is 0 Å². The minimum atomic E-state index is -0.653. The number of benzene rings is 2. The van der Waals surface area contributed by atoms with Crippen LogP contribution in [-0.2, 0) is 11.2 Å². The monoisotopic (exact) mass is 341 g/mol. The molecule has 0 aliphatic rings. The number of nitrogens with two attached hydrogens (primary N) is 1. The number of aryl methyl sites for hydroxylation is 1. The van der Waals surface area contributed by atoms with E-state index in [9.17, 15) is 14.4 Å². The molecule has 0 heterocycles. The Morgan fingerprint density at radius 1 is 1.00 bits per heavy atom. The molecule has 0 spiro atoms. The van der Waals surface area contributed by atoms with E-state index in [2.05, 4.69) is 10.9 Å². The number of nitrogens with one attached hydrogen (secondary N) is 2. The topological polar surface area (TPSA) is 111 Å². The first kappa shape index (κ1) is 18.0. The molecule has 0 aliphatic heterocycles. The zero-order valence-corrected chi connectivity index (χ0v) is 13.7. The smallest absolute Gasteiger partial charge is 0.276 e. The molecule has 0 atom stereocenters. The fourth-order valence-corrected chi connectivity index (χ4v) is 2.07. The fourth-order valence-electron chi connectivity index (χ4n) is 2.07. The molecule has 7 nitrogen and oxygen atoms in total. The molecule has 0 unspecified atom stereocenters. The van der Waals surface area contributed by atoms with Crippen molar-refractivity contribution in [1.82, 2.24) is 10.9 Å². The van der Waals surface area contributed by atoms with Crippen molar-refractivity contribution in [1.29, 1.82) is 0 Å². The third-order valence-corrected chi connectivity index (χ3v) is 3.45. The maximum absolute atomic E-state index is 11.9. The van der Waals surface area contributed by atoms with Gasteiger partial charge in [0.05, 0.1) is 5.56 Å². The summed E-state index contributed by atoms with van der Waals surface area (Å²) in [6.45, 7) is 1.64. The Morgan fingerprint density at radius 2 is 1.68 bits per heavy atom. The first-order valence-electron chi connectivity index (χ1n) is 7.71. The van der Waals surface area contributed by atoms with E-state index >= 15 is 0 Å². The van der Waals surface area contributed by atoms with Gasteiger partial charge in [-0.1, -0.05) is 31.2 Å². The Bertz CT molecular complexity index is 772. The van der Waals surface area contributed by atoms with Crippen LogP contribution in [-0.4, -0.2) is 24.3 Å². The molecule has 0 aromatic heterocycles. The summed E-state index contributed by atoms with van der Waals surface area (Å²) in [5.74, 6) is -1.46. The van der Waals surface area contributed by atoms with Gasteiger partial charge in [-0.3, -0.25) is 25.2 Å². The first-order valence-corrected chi connectivity index (χ1v) is 7.71. The van der Waals surface area contributed by atoms with Gasteiger partial charge in [-0.25, -0.2) is 0 Å². The summed E-state index contributed by atoms with van der Waals surface area (Å²) < 4.78 is 5.26. The van der Waals surface area contributed by atoms with E-state index in [1.54, 1.807) is 24.3 Å². The van der Waals surface area contributed by atoms with Gasteiger partial charge in [0, 0.05) is 5.56 Å². The highest BCUT2D eigenvalue weighted by Gasteiger charge is 2.11. The number of hydrogen-bond donors (Lipinski definition) is 3. The molecular weight excluding hydrogens is 322 g/mol. The third kappa shape index (κ3) is 5.07. The van der Waals surface area contributed by atoms with Crippen molar-refractivity contribution in [3.05, 3.63) is 65.2 Å². The normalized spacial score (nSPS) is 9.96. The summed E-state index contributed by atoms with van der Waals surface area (Å²) in [5, 5.41) is 0. The van der Waals surface area contributed by atoms with Crippen molar-refractivity contribution in [3.63, 3.8) is 0 Å². The van der Waals surface area contributed by atoms with E-state index in [0.717, 1.165) is 12.0 Å². The maximum atomic E-state index is 11.9. The summed E-state index contributed by atoms with van der Waals surface area (Å²) in [7, 11) is 0. The predicted molar refractivity (Wildman–Crippen MR) is 91.9 cm³/mol.